The van der Waals surface area contributed by atoms with Gasteiger partial charge in [-0.3, -0.25) is 4.90 Å². The predicted octanol–water partition coefficient (Wildman–Crippen LogP) is 6.65. The summed E-state index contributed by atoms with van der Waals surface area (Å²) in [5, 5.41) is 3.56. The van der Waals surface area contributed by atoms with E-state index in [2.05, 4.69) is 86.8 Å². The number of allylic oxidation sites excluding steroid dienone is 11. The molecule has 166 valence electrons. The number of hydrogen-bond donors (Lipinski definition) is 1. The van der Waals surface area contributed by atoms with Gasteiger partial charge in [-0.25, -0.2) is 4.99 Å². The molecule has 0 aromatic heterocycles. The number of hydrogen-bond acceptors (Lipinski definition) is 3. The second-order valence-electron chi connectivity index (χ2n) is 8.31. The van der Waals surface area contributed by atoms with Gasteiger partial charge < -0.3 is 5.32 Å². The first-order valence-electron chi connectivity index (χ1n) is 11.4. The van der Waals surface area contributed by atoms with Crippen LogP contribution in [0.5, 0.6) is 0 Å². The maximum absolute atomic E-state index is 4.76. The van der Waals surface area contributed by atoms with Crippen molar-refractivity contribution in [2.75, 3.05) is 19.6 Å². The Bertz CT molecular complexity index is 861. The van der Waals surface area contributed by atoms with Gasteiger partial charge in [-0.15, -0.1) is 6.58 Å². The summed E-state index contributed by atoms with van der Waals surface area (Å²) in [4.78, 5) is 7.22. The van der Waals surface area contributed by atoms with E-state index in [1.165, 1.54) is 16.8 Å². The summed E-state index contributed by atoms with van der Waals surface area (Å²) in [6, 6.07) is 0. The van der Waals surface area contributed by atoms with Crippen molar-refractivity contribution in [3.63, 3.8) is 0 Å². The van der Waals surface area contributed by atoms with Crippen molar-refractivity contribution >= 4 is 6.21 Å². The minimum atomic E-state index is -0.0597. The average Bonchev–Trinajstić information content (AvgIpc) is 2.77. The molecule has 1 aliphatic carbocycles. The van der Waals surface area contributed by atoms with Gasteiger partial charge in [0.05, 0.1) is 0 Å². The van der Waals surface area contributed by atoms with Crippen LogP contribution in [0.25, 0.3) is 0 Å². The standard InChI is InChI=1S/C28H39N3/c1-7-12-14-23(10-4)24-15-16-28(6)22-29-27(20-25(28)19-24)30-26(11-5)21-31(17-9-3)18-13-8-2/h7-8,10-12,14-15,19-20,22,30H,2,4,9,13,16-18,21H2,1,3,5-6H3/b12-7-,23-14+,26-11-. The van der Waals surface area contributed by atoms with E-state index in [0.29, 0.717) is 0 Å². The molecule has 0 radical (unpaired) electrons. The Morgan fingerprint density at radius 1 is 1.26 bits per heavy atom. The van der Waals surface area contributed by atoms with Crippen molar-refractivity contribution in [2.45, 2.75) is 47.0 Å². The summed E-state index contributed by atoms with van der Waals surface area (Å²) in [7, 11) is 0. The van der Waals surface area contributed by atoms with Crippen LogP contribution in [0.1, 0.15) is 47.0 Å². The van der Waals surface area contributed by atoms with E-state index in [1.54, 1.807) is 0 Å². The van der Waals surface area contributed by atoms with E-state index in [4.69, 9.17) is 4.99 Å². The number of nitrogens with one attached hydrogen (secondary N) is 1. The number of nitrogens with zero attached hydrogens (tertiary/aromatic N) is 2. The van der Waals surface area contributed by atoms with Gasteiger partial charge in [-0.2, -0.15) is 0 Å². The van der Waals surface area contributed by atoms with Gasteiger partial charge in [-0.1, -0.05) is 69.0 Å². The fraction of sp³-hybridized carbons (Fsp3) is 0.393. The lowest BCUT2D eigenvalue weighted by molar-refractivity contribution is 0.298. The van der Waals surface area contributed by atoms with Crippen molar-refractivity contribution in [1.82, 2.24) is 10.2 Å². The van der Waals surface area contributed by atoms with E-state index in [1.807, 2.05) is 25.2 Å². The maximum Gasteiger partial charge on any atom is 0.130 e. The van der Waals surface area contributed by atoms with E-state index in [9.17, 15) is 0 Å². The molecular formula is C28H39N3. The molecule has 0 saturated carbocycles. The first kappa shape index (κ1) is 24.6. The Labute approximate surface area is 189 Å². The first-order valence-corrected chi connectivity index (χ1v) is 11.4. The van der Waals surface area contributed by atoms with Crippen molar-refractivity contribution in [3.05, 3.63) is 96.1 Å². The molecule has 0 aromatic carbocycles. The van der Waals surface area contributed by atoms with Crippen molar-refractivity contribution in [2.24, 2.45) is 10.4 Å². The quantitative estimate of drug-likeness (QED) is 0.284. The van der Waals surface area contributed by atoms with Crippen LogP contribution in [-0.2, 0) is 0 Å². The Morgan fingerprint density at radius 2 is 2.06 bits per heavy atom. The van der Waals surface area contributed by atoms with E-state index in [-0.39, 0.29) is 5.41 Å². The monoisotopic (exact) mass is 417 g/mol. The highest BCUT2D eigenvalue weighted by atomic mass is 15.2. The molecule has 1 unspecified atom stereocenters. The van der Waals surface area contributed by atoms with Gasteiger partial charge in [0.25, 0.3) is 0 Å². The zero-order valence-electron chi connectivity index (χ0n) is 19.8. The molecule has 0 fully saturated rings. The number of fused-ring (bicyclic) bond motifs is 1. The molecule has 3 heteroatoms. The van der Waals surface area contributed by atoms with Crippen LogP contribution in [0, 0.1) is 5.41 Å². The summed E-state index contributed by atoms with van der Waals surface area (Å²) in [5.41, 5.74) is 4.76. The summed E-state index contributed by atoms with van der Waals surface area (Å²) < 4.78 is 0. The molecule has 1 atom stereocenters. The molecule has 31 heavy (non-hydrogen) atoms. The molecule has 2 aliphatic rings. The van der Waals surface area contributed by atoms with Gasteiger partial charge in [0.15, 0.2) is 0 Å². The van der Waals surface area contributed by atoms with E-state index < -0.39 is 0 Å². The third-order valence-corrected chi connectivity index (χ3v) is 5.74. The van der Waals surface area contributed by atoms with Crippen LogP contribution in [0.2, 0.25) is 0 Å². The minimum absolute atomic E-state index is 0.0597. The maximum atomic E-state index is 4.76. The molecule has 0 spiro atoms. The average molecular weight is 418 g/mol. The van der Waals surface area contributed by atoms with Crippen LogP contribution in [0.15, 0.2) is 101 Å². The third-order valence-electron chi connectivity index (χ3n) is 5.74. The SMILES string of the molecule is C=CCCN(CCC)C/C(=C/C)NC1=CC2=CC(/C(C=C)=C/C=C\C)=CCC2(C)C=N1. The Hall–Kier alpha value is -2.65. The highest BCUT2D eigenvalue weighted by Gasteiger charge is 2.31. The van der Waals surface area contributed by atoms with Crippen LogP contribution < -0.4 is 5.32 Å². The van der Waals surface area contributed by atoms with Crippen molar-refractivity contribution in [1.29, 1.82) is 0 Å². The Morgan fingerprint density at radius 3 is 2.71 bits per heavy atom. The van der Waals surface area contributed by atoms with Gasteiger partial charge in [0.1, 0.15) is 5.82 Å². The lowest BCUT2D eigenvalue weighted by atomic mass is 9.74. The smallest absolute Gasteiger partial charge is 0.130 e. The number of rotatable bonds is 12. The van der Waals surface area contributed by atoms with Gasteiger partial charge in [0.2, 0.25) is 0 Å². The molecule has 3 nitrogen and oxygen atoms in total. The lowest BCUT2D eigenvalue weighted by Crippen LogP contribution is -2.33. The second-order valence-corrected chi connectivity index (χ2v) is 8.31. The lowest BCUT2D eigenvalue weighted by Gasteiger charge is -2.33. The van der Waals surface area contributed by atoms with Crippen LogP contribution in [0.3, 0.4) is 0 Å². The molecule has 0 amide bonds. The molecule has 1 aliphatic heterocycles. The molecule has 0 bridgehead atoms. The summed E-state index contributed by atoms with van der Waals surface area (Å²) in [5.74, 6) is 0.899. The highest BCUT2D eigenvalue weighted by molar-refractivity contribution is 5.77. The first-order chi connectivity index (χ1) is 15.0. The summed E-state index contributed by atoms with van der Waals surface area (Å²) in [6.07, 6.45) is 24.2. The Balaban J connectivity index is 2.20. The molecule has 0 aromatic rings. The fourth-order valence-electron chi connectivity index (χ4n) is 3.78. The summed E-state index contributed by atoms with van der Waals surface area (Å²) >= 11 is 0. The Kier molecular flexibility index (Phi) is 9.74. The topological polar surface area (TPSA) is 27.6 Å². The molecule has 1 heterocycles. The fourth-order valence-corrected chi connectivity index (χ4v) is 3.78. The highest BCUT2D eigenvalue weighted by Crippen LogP contribution is 2.40. The predicted molar refractivity (Wildman–Crippen MR) is 137 cm³/mol. The molecule has 0 saturated heterocycles. The van der Waals surface area contributed by atoms with E-state index in [0.717, 1.165) is 50.3 Å². The van der Waals surface area contributed by atoms with Crippen LogP contribution in [-0.4, -0.2) is 30.7 Å². The largest absolute Gasteiger partial charge is 0.343 e. The molecular weight excluding hydrogens is 378 g/mol. The van der Waals surface area contributed by atoms with Crippen molar-refractivity contribution in [3.8, 4) is 0 Å². The van der Waals surface area contributed by atoms with Gasteiger partial charge >= 0.3 is 0 Å². The van der Waals surface area contributed by atoms with E-state index >= 15 is 0 Å². The molecule has 2 rings (SSSR count). The second kappa shape index (κ2) is 12.3. The zero-order valence-corrected chi connectivity index (χ0v) is 19.8. The van der Waals surface area contributed by atoms with Crippen LogP contribution >= 0.6 is 0 Å². The van der Waals surface area contributed by atoms with Gasteiger partial charge in [0, 0.05) is 30.4 Å². The zero-order chi connectivity index (χ0) is 22.7. The van der Waals surface area contributed by atoms with Crippen molar-refractivity contribution < 1.29 is 0 Å². The third kappa shape index (κ3) is 6.93. The minimum Gasteiger partial charge on any atom is -0.343 e. The molecule has 1 N–H and O–H groups in total. The number of aliphatic imine (C=N–C) groups is 1. The van der Waals surface area contributed by atoms with Gasteiger partial charge in [-0.05, 0) is 62.5 Å². The summed E-state index contributed by atoms with van der Waals surface area (Å²) in [6.45, 7) is 19.4. The van der Waals surface area contributed by atoms with Crippen LogP contribution in [0.4, 0.5) is 0 Å². The normalized spacial score (nSPS) is 21.5.